The van der Waals surface area contributed by atoms with Crippen LogP contribution in [0.4, 0.5) is 0 Å². The summed E-state index contributed by atoms with van der Waals surface area (Å²) >= 11 is 0. The van der Waals surface area contributed by atoms with Gasteiger partial charge in [0, 0.05) is 0 Å². The first-order valence-electron chi connectivity index (χ1n) is 5.15. The van der Waals surface area contributed by atoms with E-state index in [1.54, 1.807) is 0 Å². The maximum absolute atomic E-state index is 3.27. The Morgan fingerprint density at radius 2 is 1.67 bits per heavy atom. The van der Waals surface area contributed by atoms with Crippen molar-refractivity contribution in [2.24, 2.45) is 0 Å². The van der Waals surface area contributed by atoms with Crippen molar-refractivity contribution in [3.63, 3.8) is 0 Å². The molecular weight excluding hydrogens is 180 g/mol. The summed E-state index contributed by atoms with van der Waals surface area (Å²) in [7, 11) is 0. The molecule has 0 saturated heterocycles. The van der Waals surface area contributed by atoms with Gasteiger partial charge in [-0.1, -0.05) is 62.4 Å². The van der Waals surface area contributed by atoms with E-state index in [4.69, 9.17) is 0 Å². The number of hydrogen-bond acceptors (Lipinski definition) is 0. The average Bonchev–Trinajstić information content (AvgIpc) is 2.30. The second kappa shape index (κ2) is 4.31. The van der Waals surface area contributed by atoms with Gasteiger partial charge in [-0.3, -0.25) is 0 Å². The quantitative estimate of drug-likeness (QED) is 0.674. The van der Waals surface area contributed by atoms with Crippen LogP contribution < -0.4 is 0 Å². The molecule has 0 atom stereocenters. The van der Waals surface area contributed by atoms with Crippen molar-refractivity contribution in [2.75, 3.05) is 0 Å². The Labute approximate surface area is 91.6 Å². The maximum atomic E-state index is 3.27. The Kier molecular flexibility index (Phi) is 2.86. The van der Waals surface area contributed by atoms with Crippen molar-refractivity contribution in [2.45, 2.75) is 13.8 Å². The zero-order valence-corrected chi connectivity index (χ0v) is 9.12. The van der Waals surface area contributed by atoms with Gasteiger partial charge < -0.3 is 0 Å². The highest BCUT2D eigenvalue weighted by Gasteiger charge is 2.07. The van der Waals surface area contributed by atoms with Crippen molar-refractivity contribution >= 4 is 0 Å². The molecule has 0 aliphatic rings. The molecule has 0 heterocycles. The number of hydrogen-bond donors (Lipinski definition) is 0. The molecule has 0 nitrogen and oxygen atoms in total. The maximum Gasteiger partial charge on any atom is -0.000568 e. The van der Waals surface area contributed by atoms with Crippen LogP contribution in [-0.4, -0.2) is 0 Å². The second-order valence-electron chi connectivity index (χ2n) is 3.82. The minimum absolute atomic E-state index is 1.16. The molecule has 2 aromatic rings. The van der Waals surface area contributed by atoms with Crippen molar-refractivity contribution in [1.29, 1.82) is 0 Å². The summed E-state index contributed by atoms with van der Waals surface area (Å²) < 4.78 is 0. The van der Waals surface area contributed by atoms with Gasteiger partial charge in [0.15, 0.2) is 0 Å². The molecule has 0 bridgehead atoms. The molecule has 0 fully saturated rings. The van der Waals surface area contributed by atoms with Crippen molar-refractivity contribution in [1.82, 2.24) is 0 Å². The molecule has 0 aromatic heterocycles. The second-order valence-corrected chi connectivity index (χ2v) is 3.82. The molecule has 0 heteroatoms. The van der Waals surface area contributed by atoms with E-state index in [-0.39, 0.29) is 0 Å². The Hall–Kier alpha value is -1.56. The van der Waals surface area contributed by atoms with Crippen LogP contribution in [0.15, 0.2) is 48.5 Å². The predicted octanol–water partition coefficient (Wildman–Crippen LogP) is 4.12. The van der Waals surface area contributed by atoms with Crippen molar-refractivity contribution < 1.29 is 0 Å². The van der Waals surface area contributed by atoms with Gasteiger partial charge in [-0.25, -0.2) is 0 Å². The molecule has 0 N–H and O–H groups in total. The highest BCUT2D eigenvalue weighted by molar-refractivity contribution is 5.69. The van der Waals surface area contributed by atoms with Crippen LogP contribution in [-0.2, 0) is 0 Å². The Morgan fingerprint density at radius 1 is 0.933 bits per heavy atom. The molecule has 0 spiro atoms. The van der Waals surface area contributed by atoms with Crippen LogP contribution in [0.25, 0.3) is 11.1 Å². The molecule has 74 valence electrons. The molecule has 0 unspecified atom stereocenters. The van der Waals surface area contributed by atoms with E-state index in [9.17, 15) is 0 Å². The zero-order valence-electron chi connectivity index (χ0n) is 9.12. The van der Waals surface area contributed by atoms with E-state index in [0.29, 0.717) is 0 Å². The fourth-order valence-electron chi connectivity index (χ4n) is 1.71. The first kappa shape index (κ1) is 9.97. The third-order valence-corrected chi connectivity index (χ3v) is 2.46. The van der Waals surface area contributed by atoms with Gasteiger partial charge >= 0.3 is 0 Å². The molecule has 2 rings (SSSR count). The van der Waals surface area contributed by atoms with Gasteiger partial charge in [0.2, 0.25) is 0 Å². The van der Waals surface area contributed by atoms with Gasteiger partial charge in [0.25, 0.3) is 0 Å². The summed E-state index contributed by atoms with van der Waals surface area (Å²) in [6.45, 7) is 4.28. The summed E-state index contributed by atoms with van der Waals surface area (Å²) in [5.74, 6) is 1.34. The molecule has 15 heavy (non-hydrogen) atoms. The Balaban J connectivity index is 2.53. The first-order chi connectivity index (χ1) is 7.29. The third kappa shape index (κ3) is 2.10. The van der Waals surface area contributed by atoms with Crippen LogP contribution in [0.2, 0.25) is 0 Å². The van der Waals surface area contributed by atoms with Crippen LogP contribution in [0, 0.1) is 12.0 Å². The standard InChI is InChI=1S/C15H14/c1-12(2)14-10-6-7-11-15(14)13-8-4-3-5-9-13/h3-8,10-11H,1-2H3. The van der Waals surface area contributed by atoms with E-state index >= 15 is 0 Å². The molecule has 0 saturated carbocycles. The van der Waals surface area contributed by atoms with Crippen LogP contribution >= 0.6 is 0 Å². The van der Waals surface area contributed by atoms with Gasteiger partial charge in [-0.15, -0.1) is 0 Å². The zero-order chi connectivity index (χ0) is 10.7. The lowest BCUT2D eigenvalue weighted by molar-refractivity contribution is 1.15. The topological polar surface area (TPSA) is 0 Å². The van der Waals surface area contributed by atoms with Gasteiger partial charge in [-0.2, -0.15) is 0 Å². The minimum atomic E-state index is 1.16. The van der Waals surface area contributed by atoms with Crippen LogP contribution in [0.5, 0.6) is 0 Å². The molecule has 0 aliphatic heterocycles. The molecule has 0 aliphatic carbocycles. The highest BCUT2D eigenvalue weighted by Crippen LogP contribution is 2.27. The normalized spacial score (nSPS) is 10.6. The lowest BCUT2D eigenvalue weighted by Crippen LogP contribution is -1.92. The van der Waals surface area contributed by atoms with E-state index in [1.807, 2.05) is 18.2 Å². The van der Waals surface area contributed by atoms with Crippen molar-refractivity contribution in [3.05, 3.63) is 66.1 Å². The number of benzene rings is 2. The van der Waals surface area contributed by atoms with E-state index in [2.05, 4.69) is 50.2 Å². The van der Waals surface area contributed by atoms with Gasteiger partial charge in [0.05, 0.1) is 0 Å². The monoisotopic (exact) mass is 194 g/mol. The van der Waals surface area contributed by atoms with E-state index in [1.165, 1.54) is 17.0 Å². The fourth-order valence-corrected chi connectivity index (χ4v) is 1.71. The summed E-state index contributed by atoms with van der Waals surface area (Å²) in [4.78, 5) is 0. The van der Waals surface area contributed by atoms with Crippen LogP contribution in [0.1, 0.15) is 19.4 Å². The largest absolute Gasteiger partial charge is 0.0619 e. The average molecular weight is 194 g/mol. The van der Waals surface area contributed by atoms with Crippen molar-refractivity contribution in [3.8, 4) is 11.1 Å². The third-order valence-electron chi connectivity index (χ3n) is 2.46. The smallest absolute Gasteiger partial charge is 0.000568 e. The summed E-state index contributed by atoms with van der Waals surface area (Å²) in [6, 6.07) is 19.8. The van der Waals surface area contributed by atoms with E-state index < -0.39 is 0 Å². The number of rotatable bonds is 2. The van der Waals surface area contributed by atoms with Crippen LogP contribution in [0.3, 0.4) is 0 Å². The predicted molar refractivity (Wildman–Crippen MR) is 64.4 cm³/mol. The SMILES string of the molecule is C[C](C)c1ccccc1-c1[c]cccc1. The summed E-state index contributed by atoms with van der Waals surface area (Å²) in [5, 5.41) is 0. The molecule has 0 amide bonds. The Bertz CT molecular complexity index is 427. The Morgan fingerprint density at radius 3 is 2.33 bits per heavy atom. The highest BCUT2D eigenvalue weighted by atomic mass is 14.1. The first-order valence-corrected chi connectivity index (χ1v) is 5.15. The molecular formula is C15H14. The van der Waals surface area contributed by atoms with Gasteiger partial charge in [0.1, 0.15) is 0 Å². The van der Waals surface area contributed by atoms with Gasteiger partial charge in [-0.05, 0) is 28.7 Å². The fraction of sp³-hybridized carbons (Fsp3) is 0.133. The summed E-state index contributed by atoms with van der Waals surface area (Å²) in [5.41, 5.74) is 3.73. The molecule has 2 radical (unpaired) electrons. The lowest BCUT2D eigenvalue weighted by atomic mass is 9.93. The molecule has 2 aromatic carbocycles. The lowest BCUT2D eigenvalue weighted by Gasteiger charge is -2.11. The summed E-state index contributed by atoms with van der Waals surface area (Å²) in [6.07, 6.45) is 0. The van der Waals surface area contributed by atoms with E-state index in [0.717, 1.165) is 5.56 Å². The minimum Gasteiger partial charge on any atom is -0.0619 e.